The Hall–Kier alpha value is -2.82. The van der Waals surface area contributed by atoms with Gasteiger partial charge in [-0.3, -0.25) is 9.59 Å². The molecular formula is C18H20N2O3. The molecule has 5 nitrogen and oxygen atoms in total. The summed E-state index contributed by atoms with van der Waals surface area (Å²) in [6.07, 6.45) is 0. The van der Waals surface area contributed by atoms with E-state index in [1.165, 1.54) is 0 Å². The maximum Gasteiger partial charge on any atom is 0.258 e. The second kappa shape index (κ2) is 7.98. The van der Waals surface area contributed by atoms with E-state index in [1.54, 1.807) is 12.1 Å². The molecule has 0 spiro atoms. The number of ether oxygens (including phenoxy) is 1. The topological polar surface area (TPSA) is 67.4 Å². The number of benzene rings is 2. The molecule has 0 radical (unpaired) electrons. The average molecular weight is 312 g/mol. The SMILES string of the molecule is Cc1cccc(C)c1NC(=O)CNC(=O)COc1ccccc1. The molecule has 0 atom stereocenters. The van der Waals surface area contributed by atoms with Crippen molar-refractivity contribution < 1.29 is 14.3 Å². The molecule has 0 heterocycles. The Morgan fingerprint density at radius 2 is 1.57 bits per heavy atom. The molecule has 0 aliphatic carbocycles. The van der Waals surface area contributed by atoms with Crippen molar-refractivity contribution in [3.05, 3.63) is 59.7 Å². The van der Waals surface area contributed by atoms with E-state index in [9.17, 15) is 9.59 Å². The van der Waals surface area contributed by atoms with E-state index in [1.807, 2.05) is 50.2 Å². The zero-order chi connectivity index (χ0) is 16.7. The summed E-state index contributed by atoms with van der Waals surface area (Å²) in [7, 11) is 0. The van der Waals surface area contributed by atoms with Crippen LogP contribution in [0.15, 0.2) is 48.5 Å². The van der Waals surface area contributed by atoms with E-state index >= 15 is 0 Å². The lowest BCUT2D eigenvalue weighted by Crippen LogP contribution is -2.36. The number of anilines is 1. The van der Waals surface area contributed by atoms with Gasteiger partial charge in [0, 0.05) is 5.69 Å². The lowest BCUT2D eigenvalue weighted by atomic mass is 10.1. The largest absolute Gasteiger partial charge is 0.484 e. The Morgan fingerprint density at radius 1 is 0.913 bits per heavy atom. The van der Waals surface area contributed by atoms with E-state index < -0.39 is 0 Å². The fourth-order valence-corrected chi connectivity index (χ4v) is 2.09. The summed E-state index contributed by atoms with van der Waals surface area (Å²) in [5, 5.41) is 5.35. The number of carbonyl (C=O) groups excluding carboxylic acids is 2. The van der Waals surface area contributed by atoms with Crippen LogP contribution in [-0.4, -0.2) is 25.0 Å². The molecule has 2 amide bonds. The fourth-order valence-electron chi connectivity index (χ4n) is 2.09. The fraction of sp³-hybridized carbons (Fsp3) is 0.222. The minimum Gasteiger partial charge on any atom is -0.484 e. The van der Waals surface area contributed by atoms with E-state index in [-0.39, 0.29) is 25.0 Å². The lowest BCUT2D eigenvalue weighted by Gasteiger charge is -2.12. The van der Waals surface area contributed by atoms with Crippen molar-refractivity contribution in [1.29, 1.82) is 0 Å². The minimum absolute atomic E-state index is 0.0925. The summed E-state index contributed by atoms with van der Waals surface area (Å²) in [5.41, 5.74) is 2.75. The first-order valence-electron chi connectivity index (χ1n) is 7.37. The summed E-state index contributed by atoms with van der Waals surface area (Å²) in [5.74, 6) is 0.00334. The van der Waals surface area contributed by atoms with Gasteiger partial charge in [0.2, 0.25) is 5.91 Å². The Labute approximate surface area is 135 Å². The highest BCUT2D eigenvalue weighted by atomic mass is 16.5. The van der Waals surface area contributed by atoms with Crippen molar-refractivity contribution in [3.8, 4) is 5.75 Å². The maximum atomic E-state index is 11.9. The average Bonchev–Trinajstić information content (AvgIpc) is 2.55. The Balaban J connectivity index is 1.77. The van der Waals surface area contributed by atoms with Crippen LogP contribution in [0.25, 0.3) is 0 Å². The quantitative estimate of drug-likeness (QED) is 0.861. The van der Waals surface area contributed by atoms with Gasteiger partial charge in [0.1, 0.15) is 5.75 Å². The van der Waals surface area contributed by atoms with Gasteiger partial charge >= 0.3 is 0 Å². The highest BCUT2D eigenvalue weighted by molar-refractivity contribution is 5.95. The van der Waals surface area contributed by atoms with Crippen LogP contribution < -0.4 is 15.4 Å². The third-order valence-electron chi connectivity index (χ3n) is 3.30. The summed E-state index contributed by atoms with van der Waals surface area (Å²) in [4.78, 5) is 23.6. The minimum atomic E-state index is -0.342. The molecule has 0 aromatic heterocycles. The van der Waals surface area contributed by atoms with Gasteiger partial charge in [0.05, 0.1) is 6.54 Å². The second-order valence-electron chi connectivity index (χ2n) is 5.19. The molecular weight excluding hydrogens is 292 g/mol. The molecule has 0 fully saturated rings. The van der Waals surface area contributed by atoms with Crippen LogP contribution in [0.5, 0.6) is 5.75 Å². The maximum absolute atomic E-state index is 11.9. The van der Waals surface area contributed by atoms with Gasteiger partial charge in [-0.05, 0) is 37.1 Å². The molecule has 0 aliphatic heterocycles. The molecule has 0 unspecified atom stereocenters. The lowest BCUT2D eigenvalue weighted by molar-refractivity contribution is -0.125. The number of aryl methyl sites for hydroxylation is 2. The Kier molecular flexibility index (Phi) is 5.74. The number of para-hydroxylation sites is 2. The first-order chi connectivity index (χ1) is 11.1. The standard InChI is InChI=1S/C18H20N2O3/c1-13-7-6-8-14(2)18(13)20-16(21)11-19-17(22)12-23-15-9-4-3-5-10-15/h3-10H,11-12H2,1-2H3,(H,19,22)(H,20,21). The van der Waals surface area contributed by atoms with Gasteiger partial charge in [-0.15, -0.1) is 0 Å². The van der Waals surface area contributed by atoms with Crippen LogP contribution >= 0.6 is 0 Å². The van der Waals surface area contributed by atoms with Crippen molar-refractivity contribution in [3.63, 3.8) is 0 Å². The van der Waals surface area contributed by atoms with Gasteiger partial charge in [-0.2, -0.15) is 0 Å². The third-order valence-corrected chi connectivity index (χ3v) is 3.30. The first-order valence-corrected chi connectivity index (χ1v) is 7.37. The molecule has 23 heavy (non-hydrogen) atoms. The Morgan fingerprint density at radius 3 is 2.22 bits per heavy atom. The number of amides is 2. The highest BCUT2D eigenvalue weighted by Gasteiger charge is 2.09. The molecule has 0 saturated heterocycles. The van der Waals surface area contributed by atoms with Crippen molar-refractivity contribution in [2.75, 3.05) is 18.5 Å². The van der Waals surface area contributed by atoms with Gasteiger partial charge in [-0.1, -0.05) is 36.4 Å². The van der Waals surface area contributed by atoms with E-state index in [2.05, 4.69) is 10.6 Å². The monoisotopic (exact) mass is 312 g/mol. The number of carbonyl (C=O) groups is 2. The van der Waals surface area contributed by atoms with Gasteiger partial charge in [0.15, 0.2) is 6.61 Å². The smallest absolute Gasteiger partial charge is 0.258 e. The molecule has 2 N–H and O–H groups in total. The molecule has 0 saturated carbocycles. The van der Waals surface area contributed by atoms with Crippen LogP contribution in [0, 0.1) is 13.8 Å². The van der Waals surface area contributed by atoms with Gasteiger partial charge < -0.3 is 15.4 Å². The second-order valence-corrected chi connectivity index (χ2v) is 5.19. The van der Waals surface area contributed by atoms with Crippen LogP contribution in [0.4, 0.5) is 5.69 Å². The van der Waals surface area contributed by atoms with Gasteiger partial charge in [0.25, 0.3) is 5.91 Å². The van der Waals surface area contributed by atoms with Crippen molar-refractivity contribution >= 4 is 17.5 Å². The molecule has 0 bridgehead atoms. The van der Waals surface area contributed by atoms with Crippen molar-refractivity contribution in [2.24, 2.45) is 0 Å². The zero-order valence-corrected chi connectivity index (χ0v) is 13.3. The highest BCUT2D eigenvalue weighted by Crippen LogP contribution is 2.18. The Bertz CT molecular complexity index is 664. The zero-order valence-electron chi connectivity index (χ0n) is 13.3. The molecule has 0 aliphatic rings. The van der Waals surface area contributed by atoms with Crippen molar-refractivity contribution in [1.82, 2.24) is 5.32 Å². The summed E-state index contributed by atoms with van der Waals surface area (Å²) in [6.45, 7) is 3.63. The summed E-state index contributed by atoms with van der Waals surface area (Å²) < 4.78 is 5.31. The molecule has 2 aromatic rings. The molecule has 5 heteroatoms. The van der Waals surface area contributed by atoms with E-state index in [4.69, 9.17) is 4.74 Å². The van der Waals surface area contributed by atoms with Crippen LogP contribution in [0.3, 0.4) is 0 Å². The van der Waals surface area contributed by atoms with Crippen LogP contribution in [0.2, 0.25) is 0 Å². The third kappa shape index (κ3) is 5.14. The molecule has 2 rings (SSSR count). The van der Waals surface area contributed by atoms with Crippen LogP contribution in [-0.2, 0) is 9.59 Å². The van der Waals surface area contributed by atoms with Crippen LogP contribution in [0.1, 0.15) is 11.1 Å². The summed E-state index contributed by atoms with van der Waals surface area (Å²) >= 11 is 0. The number of nitrogens with one attached hydrogen (secondary N) is 2. The van der Waals surface area contributed by atoms with E-state index in [0.29, 0.717) is 5.75 Å². The first kappa shape index (κ1) is 16.5. The predicted molar refractivity (Wildman–Crippen MR) is 89.5 cm³/mol. The van der Waals surface area contributed by atoms with E-state index in [0.717, 1.165) is 16.8 Å². The molecule has 2 aromatic carbocycles. The van der Waals surface area contributed by atoms with Crippen molar-refractivity contribution in [2.45, 2.75) is 13.8 Å². The number of hydrogen-bond donors (Lipinski definition) is 2. The normalized spacial score (nSPS) is 10.0. The predicted octanol–water partition coefficient (Wildman–Crippen LogP) is 2.44. The summed E-state index contributed by atoms with van der Waals surface area (Å²) in [6, 6.07) is 14.8. The molecule has 120 valence electrons. The number of rotatable bonds is 6. The van der Waals surface area contributed by atoms with Gasteiger partial charge in [-0.25, -0.2) is 0 Å². The number of hydrogen-bond acceptors (Lipinski definition) is 3.